The van der Waals surface area contributed by atoms with Gasteiger partial charge in [0.15, 0.2) is 5.82 Å². The first-order chi connectivity index (χ1) is 17.6. The summed E-state index contributed by atoms with van der Waals surface area (Å²) in [5.41, 5.74) is 2.42. The molecule has 2 N–H and O–H groups in total. The molecule has 10 nitrogen and oxygen atoms in total. The third-order valence-electron chi connectivity index (χ3n) is 8.28. The van der Waals surface area contributed by atoms with Gasteiger partial charge in [0, 0.05) is 56.7 Å². The van der Waals surface area contributed by atoms with Gasteiger partial charge in [0.1, 0.15) is 5.69 Å². The van der Waals surface area contributed by atoms with Crippen LogP contribution in [0.5, 0.6) is 0 Å². The molecule has 5 rings (SSSR count). The van der Waals surface area contributed by atoms with Crippen molar-refractivity contribution in [3.05, 3.63) is 40.8 Å². The molecule has 37 heavy (non-hydrogen) atoms. The number of aromatic amines is 1. The van der Waals surface area contributed by atoms with Gasteiger partial charge in [0.25, 0.3) is 5.91 Å². The second-order valence-corrected chi connectivity index (χ2v) is 11.4. The van der Waals surface area contributed by atoms with Gasteiger partial charge in [-0.2, -0.15) is 5.10 Å². The number of nitrogens with zero attached hydrogens (tertiary/aromatic N) is 5. The van der Waals surface area contributed by atoms with E-state index in [4.69, 9.17) is 4.74 Å². The fourth-order valence-corrected chi connectivity index (χ4v) is 5.89. The highest BCUT2D eigenvalue weighted by atomic mass is 16.5. The van der Waals surface area contributed by atoms with Gasteiger partial charge in [0.2, 0.25) is 0 Å². The highest BCUT2D eigenvalue weighted by Gasteiger charge is 2.47. The van der Waals surface area contributed by atoms with Crippen molar-refractivity contribution in [2.75, 3.05) is 38.2 Å². The summed E-state index contributed by atoms with van der Waals surface area (Å²) in [4.78, 5) is 37.4. The van der Waals surface area contributed by atoms with E-state index in [2.05, 4.69) is 39.2 Å². The van der Waals surface area contributed by atoms with E-state index >= 15 is 0 Å². The monoisotopic (exact) mass is 509 g/mol. The largest absolute Gasteiger partial charge is 0.381 e. The Labute approximate surface area is 218 Å². The number of aromatic nitrogens is 3. The van der Waals surface area contributed by atoms with Gasteiger partial charge < -0.3 is 19.9 Å². The summed E-state index contributed by atoms with van der Waals surface area (Å²) in [5, 5.41) is 10.3. The first kappa shape index (κ1) is 25.7. The minimum Gasteiger partial charge on any atom is -0.381 e. The average molecular weight is 510 g/mol. The number of rotatable bonds is 4. The third kappa shape index (κ3) is 4.96. The van der Waals surface area contributed by atoms with Crippen molar-refractivity contribution >= 4 is 17.8 Å². The van der Waals surface area contributed by atoms with Crippen molar-refractivity contribution in [1.82, 2.24) is 29.9 Å². The Morgan fingerprint density at radius 3 is 2.68 bits per heavy atom. The number of amides is 3. The first-order valence-corrected chi connectivity index (χ1v) is 13.4. The quantitative estimate of drug-likeness (QED) is 0.655. The van der Waals surface area contributed by atoms with E-state index in [1.807, 2.05) is 36.6 Å². The lowest BCUT2D eigenvalue weighted by atomic mass is 9.97. The van der Waals surface area contributed by atoms with Crippen molar-refractivity contribution in [3.8, 4) is 0 Å². The number of anilines is 1. The van der Waals surface area contributed by atoms with Gasteiger partial charge in [-0.05, 0) is 71.1 Å². The van der Waals surface area contributed by atoms with Crippen molar-refractivity contribution < 1.29 is 14.3 Å². The van der Waals surface area contributed by atoms with Crippen molar-refractivity contribution in [2.45, 2.75) is 71.6 Å². The lowest BCUT2D eigenvalue weighted by Gasteiger charge is -2.47. The molecule has 2 fully saturated rings. The molecule has 0 radical (unpaired) electrons. The van der Waals surface area contributed by atoms with Gasteiger partial charge in [-0.25, -0.2) is 4.79 Å². The molecule has 10 heteroatoms. The summed E-state index contributed by atoms with van der Waals surface area (Å²) in [5.74, 6) is 0.808. The number of pyridine rings is 1. The van der Waals surface area contributed by atoms with Crippen LogP contribution in [0.1, 0.15) is 67.8 Å². The number of fused-ring (bicyclic) bond motifs is 1. The van der Waals surface area contributed by atoms with Gasteiger partial charge in [0.05, 0.1) is 17.8 Å². The molecule has 2 aromatic heterocycles. The number of hydrogen-bond donors (Lipinski definition) is 2. The zero-order valence-corrected chi connectivity index (χ0v) is 22.6. The Balaban J connectivity index is 1.27. The Morgan fingerprint density at radius 1 is 1.19 bits per heavy atom. The molecule has 2 saturated heterocycles. The number of hydrogen-bond acceptors (Lipinski definition) is 6. The normalized spacial score (nSPS) is 24.2. The predicted molar refractivity (Wildman–Crippen MR) is 140 cm³/mol. The molecule has 0 saturated carbocycles. The summed E-state index contributed by atoms with van der Waals surface area (Å²) in [6.45, 7) is 15.1. The molecule has 0 bridgehead atoms. The number of urea groups is 1. The maximum Gasteiger partial charge on any atom is 0.321 e. The maximum absolute atomic E-state index is 13.9. The second-order valence-electron chi connectivity index (χ2n) is 11.4. The number of carbonyl (C=O) groups is 2. The molecule has 200 valence electrons. The van der Waals surface area contributed by atoms with Crippen LogP contribution in [0.25, 0.3) is 0 Å². The molecule has 2 aromatic rings. The minimum atomic E-state index is -0.577. The molecule has 0 aromatic carbocycles. The van der Waals surface area contributed by atoms with Gasteiger partial charge >= 0.3 is 6.03 Å². The molecular formula is C27H39N7O3. The summed E-state index contributed by atoms with van der Waals surface area (Å²) < 4.78 is 5.53. The van der Waals surface area contributed by atoms with Crippen LogP contribution in [0.3, 0.4) is 0 Å². The van der Waals surface area contributed by atoms with Crippen LogP contribution in [-0.2, 0) is 16.8 Å². The molecule has 1 unspecified atom stereocenters. The van der Waals surface area contributed by atoms with Crippen LogP contribution in [0.15, 0.2) is 18.3 Å². The fourth-order valence-electron chi connectivity index (χ4n) is 5.89. The fraction of sp³-hybridized carbons (Fsp3) is 0.630. The highest BCUT2D eigenvalue weighted by molar-refractivity contribution is 6.03. The second kappa shape index (κ2) is 10.1. The Hall–Kier alpha value is -2.98. The van der Waals surface area contributed by atoms with Crippen LogP contribution < -0.4 is 5.32 Å². The number of nitrogens with one attached hydrogen (secondary N) is 2. The summed E-state index contributed by atoms with van der Waals surface area (Å²) >= 11 is 0. The van der Waals surface area contributed by atoms with E-state index in [0.29, 0.717) is 36.6 Å². The summed E-state index contributed by atoms with van der Waals surface area (Å²) in [6, 6.07) is 4.03. The molecule has 3 aliphatic rings. The Morgan fingerprint density at radius 2 is 1.95 bits per heavy atom. The number of piperazine rings is 1. The Bertz CT molecular complexity index is 1160. The van der Waals surface area contributed by atoms with Crippen LogP contribution in [-0.4, -0.2) is 86.8 Å². The lowest BCUT2D eigenvalue weighted by Crippen LogP contribution is -2.62. The minimum absolute atomic E-state index is 0.0253. The van der Waals surface area contributed by atoms with E-state index < -0.39 is 5.54 Å². The van der Waals surface area contributed by atoms with E-state index in [0.717, 1.165) is 56.0 Å². The SMILES string of the molecule is Cc1ccnc(C(=O)Nc2n[nH]c3c2CN(C(=O)N2CC(C)N(CC4CCOCC4)C[C@@H]2C)C3(C)C)c1. The topological polar surface area (TPSA) is 107 Å². The first-order valence-electron chi connectivity index (χ1n) is 13.4. The summed E-state index contributed by atoms with van der Waals surface area (Å²) in [6.07, 6.45) is 3.85. The predicted octanol–water partition coefficient (Wildman–Crippen LogP) is 3.36. The number of aryl methyl sites for hydroxylation is 1. The van der Waals surface area contributed by atoms with E-state index in [1.165, 1.54) is 0 Å². The third-order valence-corrected chi connectivity index (χ3v) is 8.28. The molecule has 3 amide bonds. The Kier molecular flexibility index (Phi) is 6.97. The van der Waals surface area contributed by atoms with Gasteiger partial charge in [-0.15, -0.1) is 0 Å². The molecule has 5 heterocycles. The van der Waals surface area contributed by atoms with E-state index in [9.17, 15) is 9.59 Å². The molecule has 2 atom stereocenters. The van der Waals surface area contributed by atoms with Gasteiger partial charge in [-0.1, -0.05) is 0 Å². The van der Waals surface area contributed by atoms with Crippen LogP contribution in [0.2, 0.25) is 0 Å². The molecule has 0 aliphatic carbocycles. The average Bonchev–Trinajstić information content (AvgIpc) is 3.39. The number of H-pyrrole nitrogens is 1. The van der Waals surface area contributed by atoms with Crippen molar-refractivity contribution in [3.63, 3.8) is 0 Å². The van der Waals surface area contributed by atoms with Gasteiger partial charge in [-0.3, -0.25) is 19.8 Å². The van der Waals surface area contributed by atoms with Crippen molar-refractivity contribution in [1.29, 1.82) is 0 Å². The summed E-state index contributed by atoms with van der Waals surface area (Å²) in [7, 11) is 0. The lowest BCUT2D eigenvalue weighted by molar-refractivity contribution is 0.00882. The molecule has 3 aliphatic heterocycles. The number of carbonyl (C=O) groups excluding carboxylic acids is 2. The van der Waals surface area contributed by atoms with E-state index in [-0.39, 0.29) is 18.0 Å². The number of ether oxygens (including phenoxy) is 1. The van der Waals surface area contributed by atoms with Crippen molar-refractivity contribution in [2.24, 2.45) is 5.92 Å². The molecule has 0 spiro atoms. The zero-order chi connectivity index (χ0) is 26.3. The van der Waals surface area contributed by atoms with E-state index in [1.54, 1.807) is 12.3 Å². The molecular weight excluding hydrogens is 470 g/mol. The smallest absolute Gasteiger partial charge is 0.321 e. The highest BCUT2D eigenvalue weighted by Crippen LogP contribution is 2.41. The maximum atomic E-state index is 13.9. The standard InChI is InChI=1S/C27H39N7O3/c1-17-6-9-28-22(12-17)25(35)29-24-21-16-34(27(4,5)23(21)30-31-24)26(36)33-14-18(2)32(13-19(33)3)15-20-7-10-37-11-8-20/h6,9,12,18-20H,7-8,10-11,13-16H2,1-5H3,(H2,29,30,31,35)/t18?,19-/m0/s1. The van der Waals surface area contributed by atoms with Crippen LogP contribution in [0, 0.1) is 12.8 Å². The van der Waals surface area contributed by atoms with Crippen LogP contribution in [0.4, 0.5) is 10.6 Å². The zero-order valence-electron chi connectivity index (χ0n) is 22.6. The van der Waals surface area contributed by atoms with Crippen LogP contribution >= 0.6 is 0 Å².